The molecule has 2 N–H and O–H groups in total. The number of hydrogen-bond acceptors (Lipinski definition) is 2. The summed E-state index contributed by atoms with van der Waals surface area (Å²) < 4.78 is 12.5. The molecule has 4 nitrogen and oxygen atoms in total. The first kappa shape index (κ1) is 44.8. The molecule has 1 fully saturated rings. The van der Waals surface area contributed by atoms with Crippen molar-refractivity contribution in [3.63, 3.8) is 0 Å². The van der Waals surface area contributed by atoms with Gasteiger partial charge in [-0.05, 0) is 51.2 Å². The van der Waals surface area contributed by atoms with E-state index < -0.39 is 12.6 Å². The number of allylic oxidation sites excluding steroid dienone is 10. The number of nitrogens with zero attached hydrogens (tertiary/aromatic N) is 1. The SMILES string of the molecule is C/C=C\C=C(/C)CC.CC.CC.CC(=O)O.CCC1CCCCC1.FC/C=c1/[nH]c(C2=C/CC\C=C/C=C\2)n/c1=C/CCl. The van der Waals surface area contributed by atoms with Gasteiger partial charge < -0.3 is 10.1 Å². The van der Waals surface area contributed by atoms with Crippen LogP contribution in [0.4, 0.5) is 4.39 Å². The minimum absolute atomic E-state index is 0.356. The van der Waals surface area contributed by atoms with Crippen LogP contribution in [0.2, 0.25) is 0 Å². The van der Waals surface area contributed by atoms with Gasteiger partial charge in [0.15, 0.2) is 0 Å². The van der Waals surface area contributed by atoms with Gasteiger partial charge in [-0.15, -0.1) is 11.6 Å². The first-order chi connectivity index (χ1) is 20.8. The molecule has 1 aromatic heterocycles. The van der Waals surface area contributed by atoms with Crippen molar-refractivity contribution in [2.45, 2.75) is 120 Å². The van der Waals surface area contributed by atoms with Gasteiger partial charge in [-0.25, -0.2) is 9.37 Å². The van der Waals surface area contributed by atoms with Gasteiger partial charge >= 0.3 is 0 Å². The van der Waals surface area contributed by atoms with Crippen LogP contribution in [0.25, 0.3) is 17.7 Å². The van der Waals surface area contributed by atoms with Crippen LogP contribution >= 0.6 is 11.6 Å². The van der Waals surface area contributed by atoms with Crippen molar-refractivity contribution < 1.29 is 14.3 Å². The largest absolute Gasteiger partial charge is 0.481 e. The summed E-state index contributed by atoms with van der Waals surface area (Å²) in [5, 5.41) is 8.81. The molecule has 0 saturated heterocycles. The molecular weight excluding hydrogens is 559 g/mol. The number of imidazole rings is 1. The van der Waals surface area contributed by atoms with E-state index in [-0.39, 0.29) is 0 Å². The van der Waals surface area contributed by atoms with E-state index in [1.54, 1.807) is 6.08 Å². The molecule has 0 bridgehead atoms. The van der Waals surface area contributed by atoms with Gasteiger partial charge in [-0.1, -0.05) is 134 Å². The minimum Gasteiger partial charge on any atom is -0.481 e. The predicted octanol–water partition coefficient (Wildman–Crippen LogP) is 10.5. The topological polar surface area (TPSA) is 66.0 Å². The van der Waals surface area contributed by atoms with E-state index in [0.29, 0.717) is 16.6 Å². The molecule has 6 heteroatoms. The van der Waals surface area contributed by atoms with Crippen LogP contribution in [-0.2, 0) is 4.79 Å². The third-order valence-electron chi connectivity index (χ3n) is 6.24. The molecule has 0 unspecified atom stereocenters. The van der Waals surface area contributed by atoms with E-state index in [0.717, 1.165) is 43.5 Å². The summed E-state index contributed by atoms with van der Waals surface area (Å²) in [6, 6.07) is 0. The zero-order valence-electron chi connectivity index (χ0n) is 28.7. The predicted molar refractivity (Wildman–Crippen MR) is 191 cm³/mol. The lowest BCUT2D eigenvalue weighted by molar-refractivity contribution is -0.134. The first-order valence-electron chi connectivity index (χ1n) is 16.2. The summed E-state index contributed by atoms with van der Waals surface area (Å²) in [4.78, 5) is 16.6. The number of aliphatic carboxylic acids is 1. The van der Waals surface area contributed by atoms with Crippen LogP contribution in [0.5, 0.6) is 0 Å². The second-order valence-electron chi connectivity index (χ2n) is 9.45. The highest BCUT2D eigenvalue weighted by Crippen LogP contribution is 2.25. The number of rotatable bonds is 6. The number of aromatic nitrogens is 2. The Morgan fingerprint density at radius 2 is 1.70 bits per heavy atom. The summed E-state index contributed by atoms with van der Waals surface area (Å²) in [5.74, 6) is 1.36. The lowest BCUT2D eigenvalue weighted by Crippen LogP contribution is -2.24. The Morgan fingerprint density at radius 3 is 2.19 bits per heavy atom. The molecule has 1 saturated carbocycles. The smallest absolute Gasteiger partial charge is 0.300 e. The number of carboxylic acid groups (broad SMARTS) is 1. The van der Waals surface area contributed by atoms with Crippen LogP contribution in [0.3, 0.4) is 0 Å². The number of carboxylic acids is 1. The fourth-order valence-corrected chi connectivity index (χ4v) is 4.03. The van der Waals surface area contributed by atoms with Crippen LogP contribution in [0, 0.1) is 5.92 Å². The Balaban J connectivity index is -0.000000555. The zero-order chi connectivity index (χ0) is 33.3. The van der Waals surface area contributed by atoms with E-state index in [1.165, 1.54) is 50.2 Å². The van der Waals surface area contributed by atoms with Crippen LogP contribution in [-0.4, -0.2) is 33.6 Å². The number of aromatic amines is 1. The number of hydrogen-bond donors (Lipinski definition) is 2. The van der Waals surface area contributed by atoms with E-state index >= 15 is 0 Å². The number of H-pyrrole nitrogens is 1. The van der Waals surface area contributed by atoms with Crippen molar-refractivity contribution in [3.8, 4) is 0 Å². The number of halogens is 2. The highest BCUT2D eigenvalue weighted by atomic mass is 35.5. The van der Waals surface area contributed by atoms with E-state index in [9.17, 15) is 4.39 Å². The average molecular weight is 621 g/mol. The molecule has 43 heavy (non-hydrogen) atoms. The van der Waals surface area contributed by atoms with Crippen LogP contribution in [0.1, 0.15) is 126 Å². The van der Waals surface area contributed by atoms with Crippen molar-refractivity contribution in [1.82, 2.24) is 9.97 Å². The maximum Gasteiger partial charge on any atom is 0.300 e. The number of carbonyl (C=O) groups is 1. The Morgan fingerprint density at radius 1 is 1.07 bits per heavy atom. The van der Waals surface area contributed by atoms with E-state index in [4.69, 9.17) is 21.5 Å². The highest BCUT2D eigenvalue weighted by Gasteiger charge is 2.09. The molecule has 1 aromatic rings. The molecule has 0 radical (unpaired) electrons. The average Bonchev–Trinajstić information content (AvgIpc) is 3.41. The second kappa shape index (κ2) is 33.8. The van der Waals surface area contributed by atoms with Gasteiger partial charge in [-0.2, -0.15) is 0 Å². The van der Waals surface area contributed by atoms with Crippen molar-refractivity contribution in [1.29, 1.82) is 0 Å². The van der Waals surface area contributed by atoms with Crippen molar-refractivity contribution in [3.05, 3.63) is 70.7 Å². The molecular formula is C37H62ClFN2O2. The third kappa shape index (κ3) is 26.7. The Bertz CT molecular complexity index is 1020. The molecule has 2 aliphatic rings. The molecule has 246 valence electrons. The van der Waals surface area contributed by atoms with Crippen molar-refractivity contribution >= 4 is 35.3 Å². The van der Waals surface area contributed by atoms with Gasteiger partial charge in [-0.3, -0.25) is 4.79 Å². The van der Waals surface area contributed by atoms with Gasteiger partial charge in [0.25, 0.3) is 5.97 Å². The Kier molecular flexibility index (Phi) is 35.2. The van der Waals surface area contributed by atoms with Crippen molar-refractivity contribution in [2.75, 3.05) is 12.6 Å². The monoisotopic (exact) mass is 620 g/mol. The summed E-state index contributed by atoms with van der Waals surface area (Å²) in [7, 11) is 0. The highest BCUT2D eigenvalue weighted by molar-refractivity contribution is 6.20. The van der Waals surface area contributed by atoms with Crippen molar-refractivity contribution in [2.24, 2.45) is 5.92 Å². The standard InChI is InChI=1S/C15H16ClFN2.C8H16.C8H14.C2H4O2.2C2H6/c16-10-8-13-14(9-11-17)19-15(18-13)12-6-4-2-1-3-5-7-12;1-2-8-6-4-3-5-7-8;1-4-6-7-8(3)5-2;1-2(3)4;2*1-2/h1-2,4,6-9H,3,5,10-11H2,(H,18,19);8H,2-7H2,1H3;4,6-7H,5H2,1-3H3;1H3,(H,3,4);2*1-2H3/b2-1-,6-4-,12-7+,13-8+,14-9+;;6-4-,8-7+;;;. The maximum atomic E-state index is 12.5. The van der Waals surface area contributed by atoms with Gasteiger partial charge in [0.05, 0.1) is 10.7 Å². The minimum atomic E-state index is -0.833. The maximum absolute atomic E-state index is 12.5. The number of nitrogens with one attached hydrogen (secondary N) is 1. The molecule has 0 spiro atoms. The zero-order valence-corrected chi connectivity index (χ0v) is 29.4. The van der Waals surface area contributed by atoms with Crippen LogP contribution < -0.4 is 10.7 Å². The van der Waals surface area contributed by atoms with Gasteiger partial charge in [0.1, 0.15) is 12.5 Å². The molecule has 3 rings (SSSR count). The second-order valence-corrected chi connectivity index (χ2v) is 9.76. The first-order valence-corrected chi connectivity index (χ1v) is 16.8. The normalized spacial score (nSPS) is 18.1. The molecule has 0 aliphatic heterocycles. The summed E-state index contributed by atoms with van der Waals surface area (Å²) in [6.45, 7) is 17.2. The quantitative estimate of drug-likeness (QED) is 0.245. The fourth-order valence-electron chi connectivity index (χ4n) is 3.88. The fraction of sp³-hybridized carbons (Fsp3) is 0.568. The molecule has 1 heterocycles. The van der Waals surface area contributed by atoms with Gasteiger partial charge in [0.2, 0.25) is 0 Å². The Labute approximate surface area is 268 Å². The summed E-state index contributed by atoms with van der Waals surface area (Å²) in [5.41, 5.74) is 2.45. The summed E-state index contributed by atoms with van der Waals surface area (Å²) in [6.07, 6.45) is 31.8. The van der Waals surface area contributed by atoms with E-state index in [2.05, 4.69) is 55.0 Å². The molecule has 0 amide bonds. The molecule has 2 aliphatic carbocycles. The third-order valence-corrected chi connectivity index (χ3v) is 6.39. The van der Waals surface area contributed by atoms with E-state index in [1.807, 2.05) is 58.9 Å². The number of alkyl halides is 2. The molecule has 0 atom stereocenters. The molecule has 0 aromatic carbocycles. The lowest BCUT2D eigenvalue weighted by Gasteiger charge is -2.18. The Hall–Kier alpha value is -2.66. The van der Waals surface area contributed by atoms with Gasteiger partial charge in [0, 0.05) is 18.4 Å². The van der Waals surface area contributed by atoms with Crippen LogP contribution in [0.15, 0.2) is 54.2 Å². The lowest BCUT2D eigenvalue weighted by atomic mass is 9.88. The summed E-state index contributed by atoms with van der Waals surface area (Å²) >= 11 is 5.70.